The van der Waals surface area contributed by atoms with Crippen molar-refractivity contribution in [2.45, 2.75) is 6.92 Å². The highest BCUT2D eigenvalue weighted by Crippen LogP contribution is 2.33. The van der Waals surface area contributed by atoms with Crippen molar-refractivity contribution in [2.75, 3.05) is 12.3 Å². The molecule has 0 aliphatic carbocycles. The predicted octanol–water partition coefficient (Wildman–Crippen LogP) is 2.80. The molecular weight excluding hydrogens is 230 g/mol. The monoisotopic (exact) mass is 243 g/mol. The number of H-pyrrole nitrogens is 1. The highest BCUT2D eigenvalue weighted by Gasteiger charge is 2.13. The van der Waals surface area contributed by atoms with Gasteiger partial charge in [-0.2, -0.15) is 0 Å². The molecule has 2 heterocycles. The molecule has 0 fully saturated rings. The van der Waals surface area contributed by atoms with Crippen LogP contribution in [0.5, 0.6) is 5.75 Å². The van der Waals surface area contributed by atoms with Crippen molar-refractivity contribution in [2.24, 2.45) is 0 Å². The molecule has 3 rings (SSSR count). The van der Waals surface area contributed by atoms with E-state index in [1.165, 1.54) is 6.20 Å². The lowest BCUT2D eigenvalue weighted by atomic mass is 10.1. The summed E-state index contributed by atoms with van der Waals surface area (Å²) in [7, 11) is 0. The zero-order valence-corrected chi connectivity index (χ0v) is 9.93. The normalized spacial score (nSPS) is 10.9. The molecule has 5 heteroatoms. The van der Waals surface area contributed by atoms with Crippen LogP contribution in [-0.4, -0.2) is 16.7 Å². The van der Waals surface area contributed by atoms with Gasteiger partial charge in [0.05, 0.1) is 12.8 Å². The average molecular weight is 243 g/mol. The number of anilines is 1. The van der Waals surface area contributed by atoms with E-state index in [2.05, 4.69) is 10.1 Å². The van der Waals surface area contributed by atoms with Gasteiger partial charge in [-0.1, -0.05) is 5.16 Å². The fourth-order valence-electron chi connectivity index (χ4n) is 2.00. The Morgan fingerprint density at radius 2 is 2.33 bits per heavy atom. The molecule has 2 aromatic heterocycles. The zero-order chi connectivity index (χ0) is 12.5. The quantitative estimate of drug-likeness (QED) is 0.741. The Morgan fingerprint density at radius 3 is 3.06 bits per heavy atom. The van der Waals surface area contributed by atoms with E-state index in [0.717, 1.165) is 22.2 Å². The predicted molar refractivity (Wildman–Crippen MR) is 69.4 cm³/mol. The molecule has 0 radical (unpaired) electrons. The molecule has 0 aliphatic rings. The Morgan fingerprint density at radius 1 is 1.44 bits per heavy atom. The molecule has 5 nitrogen and oxygen atoms in total. The van der Waals surface area contributed by atoms with E-state index >= 15 is 0 Å². The number of hydrogen-bond acceptors (Lipinski definition) is 4. The number of aromatic nitrogens is 2. The Hall–Kier alpha value is -2.43. The molecule has 0 unspecified atom stereocenters. The first-order chi connectivity index (χ1) is 8.79. The van der Waals surface area contributed by atoms with Crippen molar-refractivity contribution in [1.29, 1.82) is 0 Å². The van der Waals surface area contributed by atoms with Gasteiger partial charge in [0, 0.05) is 22.7 Å². The number of hydrogen-bond donors (Lipinski definition) is 2. The van der Waals surface area contributed by atoms with Crippen molar-refractivity contribution in [3.05, 3.63) is 30.6 Å². The van der Waals surface area contributed by atoms with E-state index in [1.807, 2.05) is 31.3 Å². The number of nitrogens with zero attached hydrogens (tertiary/aromatic N) is 1. The van der Waals surface area contributed by atoms with Crippen LogP contribution in [0.15, 0.2) is 35.1 Å². The van der Waals surface area contributed by atoms with Crippen LogP contribution in [-0.2, 0) is 0 Å². The second-order valence-corrected chi connectivity index (χ2v) is 3.95. The van der Waals surface area contributed by atoms with Crippen LogP contribution in [0.4, 0.5) is 5.69 Å². The van der Waals surface area contributed by atoms with Crippen LogP contribution in [0.25, 0.3) is 22.2 Å². The number of nitrogens with one attached hydrogen (secondary N) is 1. The highest BCUT2D eigenvalue weighted by molar-refractivity contribution is 5.97. The minimum Gasteiger partial charge on any atom is -0.494 e. The Labute approximate surface area is 104 Å². The maximum absolute atomic E-state index is 5.82. The van der Waals surface area contributed by atoms with Crippen molar-refractivity contribution in [1.82, 2.24) is 10.1 Å². The maximum atomic E-state index is 5.82. The van der Waals surface area contributed by atoms with Crippen molar-refractivity contribution < 1.29 is 9.26 Å². The van der Waals surface area contributed by atoms with Gasteiger partial charge in [0.1, 0.15) is 11.4 Å². The molecule has 3 N–H and O–H groups in total. The van der Waals surface area contributed by atoms with Gasteiger partial charge in [-0.05, 0) is 25.1 Å². The summed E-state index contributed by atoms with van der Waals surface area (Å²) in [5.41, 5.74) is 8.24. The SMILES string of the molecule is CCOc1ccc2[nH]cc(-c3oncc3N)c2c1. The fraction of sp³-hybridized carbons (Fsp3) is 0.154. The molecule has 1 aromatic carbocycles. The number of aromatic amines is 1. The second-order valence-electron chi connectivity index (χ2n) is 3.95. The van der Waals surface area contributed by atoms with E-state index in [1.54, 1.807) is 0 Å². The summed E-state index contributed by atoms with van der Waals surface area (Å²) in [5.74, 6) is 1.40. The van der Waals surface area contributed by atoms with Crippen LogP contribution >= 0.6 is 0 Å². The smallest absolute Gasteiger partial charge is 0.191 e. The number of ether oxygens (including phenoxy) is 1. The summed E-state index contributed by atoms with van der Waals surface area (Å²) in [4.78, 5) is 3.17. The molecule has 3 aromatic rings. The Balaban J connectivity index is 2.18. The molecular formula is C13H13N3O2. The molecule has 0 bridgehead atoms. The number of nitrogens with two attached hydrogens (primary N) is 1. The zero-order valence-electron chi connectivity index (χ0n) is 9.93. The summed E-state index contributed by atoms with van der Waals surface area (Å²) in [6, 6.07) is 5.86. The van der Waals surface area contributed by atoms with Gasteiger partial charge in [0.25, 0.3) is 0 Å². The average Bonchev–Trinajstić information content (AvgIpc) is 2.95. The molecule has 0 amide bonds. The van der Waals surface area contributed by atoms with Gasteiger partial charge in [0.2, 0.25) is 0 Å². The fourth-order valence-corrected chi connectivity index (χ4v) is 2.00. The maximum Gasteiger partial charge on any atom is 0.191 e. The van der Waals surface area contributed by atoms with Gasteiger partial charge in [-0.3, -0.25) is 0 Å². The number of rotatable bonds is 3. The summed E-state index contributed by atoms with van der Waals surface area (Å²) in [6.45, 7) is 2.59. The summed E-state index contributed by atoms with van der Waals surface area (Å²) >= 11 is 0. The summed E-state index contributed by atoms with van der Waals surface area (Å²) < 4.78 is 10.7. The lowest BCUT2D eigenvalue weighted by Crippen LogP contribution is -1.90. The third kappa shape index (κ3) is 1.60. The van der Waals surface area contributed by atoms with Crippen LogP contribution in [0.3, 0.4) is 0 Å². The first-order valence-electron chi connectivity index (χ1n) is 5.74. The third-order valence-electron chi connectivity index (χ3n) is 2.81. The van der Waals surface area contributed by atoms with E-state index in [4.69, 9.17) is 15.0 Å². The lowest BCUT2D eigenvalue weighted by Gasteiger charge is -2.03. The standard InChI is InChI=1S/C13H13N3O2/c1-2-17-8-3-4-12-9(5-8)10(6-15-12)13-11(14)7-16-18-13/h3-7,15H,2,14H2,1H3. The van der Waals surface area contributed by atoms with E-state index < -0.39 is 0 Å². The Kier molecular flexibility index (Phi) is 2.44. The van der Waals surface area contributed by atoms with Crippen LogP contribution in [0, 0.1) is 0 Å². The van der Waals surface area contributed by atoms with E-state index in [9.17, 15) is 0 Å². The summed E-state index contributed by atoms with van der Waals surface area (Å²) in [5, 5.41) is 4.70. The molecule has 92 valence electrons. The van der Waals surface area contributed by atoms with E-state index in [-0.39, 0.29) is 0 Å². The molecule has 18 heavy (non-hydrogen) atoms. The molecule has 0 saturated carbocycles. The number of fused-ring (bicyclic) bond motifs is 1. The molecule has 0 spiro atoms. The van der Waals surface area contributed by atoms with Gasteiger partial charge < -0.3 is 20.0 Å². The van der Waals surface area contributed by atoms with Crippen molar-refractivity contribution in [3.63, 3.8) is 0 Å². The van der Waals surface area contributed by atoms with Crippen molar-refractivity contribution in [3.8, 4) is 17.1 Å². The van der Waals surface area contributed by atoms with Gasteiger partial charge >= 0.3 is 0 Å². The largest absolute Gasteiger partial charge is 0.494 e. The minimum atomic E-state index is 0.526. The lowest BCUT2D eigenvalue weighted by molar-refractivity contribution is 0.341. The highest BCUT2D eigenvalue weighted by atomic mass is 16.5. The molecule has 0 saturated heterocycles. The van der Waals surface area contributed by atoms with Crippen molar-refractivity contribution >= 4 is 16.6 Å². The number of nitrogen functional groups attached to an aromatic ring is 1. The number of benzene rings is 1. The van der Waals surface area contributed by atoms with E-state index in [0.29, 0.717) is 18.1 Å². The molecule has 0 atom stereocenters. The van der Waals surface area contributed by atoms with Crippen LogP contribution < -0.4 is 10.5 Å². The van der Waals surface area contributed by atoms with Crippen LogP contribution in [0.1, 0.15) is 6.92 Å². The Bertz CT molecular complexity index is 684. The molecule has 0 aliphatic heterocycles. The van der Waals surface area contributed by atoms with Gasteiger partial charge in [0.15, 0.2) is 5.76 Å². The van der Waals surface area contributed by atoms with Crippen LogP contribution in [0.2, 0.25) is 0 Å². The topological polar surface area (TPSA) is 77.1 Å². The minimum absolute atomic E-state index is 0.526. The van der Waals surface area contributed by atoms with Gasteiger partial charge in [-0.25, -0.2) is 0 Å². The first-order valence-corrected chi connectivity index (χ1v) is 5.74. The third-order valence-corrected chi connectivity index (χ3v) is 2.81. The first kappa shape index (κ1) is 10.7. The second kappa shape index (κ2) is 4.10. The summed E-state index contributed by atoms with van der Waals surface area (Å²) in [6.07, 6.45) is 3.36. The van der Waals surface area contributed by atoms with Gasteiger partial charge in [-0.15, -0.1) is 0 Å².